The van der Waals surface area contributed by atoms with Gasteiger partial charge in [0.05, 0.1) is 13.2 Å². The predicted octanol–water partition coefficient (Wildman–Crippen LogP) is 6.28. The molecule has 7 heteroatoms. The summed E-state index contributed by atoms with van der Waals surface area (Å²) in [5.74, 6) is 0. The fourth-order valence-electron chi connectivity index (χ4n) is 3.03. The van der Waals surface area contributed by atoms with Crippen LogP contribution in [-0.2, 0) is 25.8 Å². The van der Waals surface area contributed by atoms with Gasteiger partial charge in [-0.1, -0.05) is 76.9 Å². The summed E-state index contributed by atoms with van der Waals surface area (Å²) in [6.07, 6.45) is 22.5. The lowest BCUT2D eigenvalue weighted by Crippen LogP contribution is -2.24. The Balaban J connectivity index is 3.30. The fraction of sp³-hybridized carbons (Fsp3) is 0.909. The highest BCUT2D eigenvalue weighted by molar-refractivity contribution is 8.06. The average molecular weight is 453 g/mol. The molecule has 0 saturated heterocycles. The minimum Gasteiger partial charge on any atom is -0.379 e. The van der Waals surface area contributed by atoms with Gasteiger partial charge in [-0.3, -0.25) is 0 Å². The lowest BCUT2D eigenvalue weighted by molar-refractivity contribution is -0.0173. The Morgan fingerprint density at radius 3 is 1.83 bits per heavy atom. The normalized spacial score (nSPS) is 13.4. The maximum atomic E-state index is 9.05. The summed E-state index contributed by atoms with van der Waals surface area (Å²) in [7, 11) is 1.54. The van der Waals surface area contributed by atoms with Crippen molar-refractivity contribution < 1.29 is 23.8 Å². The number of hydrogen-bond donors (Lipinski definition) is 2. The number of rotatable bonds is 22. The van der Waals surface area contributed by atoms with Gasteiger partial charge in [0, 0.05) is 13.7 Å². The van der Waals surface area contributed by atoms with Gasteiger partial charge < -0.3 is 23.8 Å². The fourth-order valence-corrected chi connectivity index (χ4v) is 3.57. The Bertz CT molecular complexity index is 414. The van der Waals surface area contributed by atoms with E-state index in [1.165, 1.54) is 83.5 Å². The molecule has 0 spiro atoms. The number of hydrogen-bond acceptors (Lipinski definition) is 4. The Morgan fingerprint density at radius 2 is 1.31 bits per heavy atom. The maximum absolute atomic E-state index is 9.05. The van der Waals surface area contributed by atoms with Gasteiger partial charge in [0.25, 0.3) is 0 Å². The van der Waals surface area contributed by atoms with E-state index in [4.69, 9.17) is 23.8 Å². The van der Waals surface area contributed by atoms with Crippen molar-refractivity contribution in [2.45, 2.75) is 103 Å². The Labute approximate surface area is 184 Å². The van der Waals surface area contributed by atoms with E-state index < -0.39 is 6.72 Å². The van der Waals surface area contributed by atoms with Crippen molar-refractivity contribution in [1.82, 2.24) is 0 Å². The van der Waals surface area contributed by atoms with Crippen molar-refractivity contribution in [2.24, 2.45) is 0 Å². The van der Waals surface area contributed by atoms with Crippen LogP contribution in [0.15, 0.2) is 12.2 Å². The van der Waals surface area contributed by atoms with Gasteiger partial charge in [-0.2, -0.15) is 0 Å². The Kier molecular flexibility index (Phi) is 21.6. The SMILES string of the molecule is CCCCCCCC/C=C\CCCCCCCCOC[C@@H](COP(O)(O)=S)OC. The lowest BCUT2D eigenvalue weighted by atomic mass is 10.1. The Hall–Kier alpha value is 0.190. The maximum Gasteiger partial charge on any atom is 0.321 e. The topological polar surface area (TPSA) is 68.2 Å². The first-order valence-electron chi connectivity index (χ1n) is 11.4. The van der Waals surface area contributed by atoms with Crippen LogP contribution in [0.2, 0.25) is 0 Å². The first-order valence-corrected chi connectivity index (χ1v) is 14.1. The van der Waals surface area contributed by atoms with E-state index in [0.29, 0.717) is 13.2 Å². The number of allylic oxidation sites excluding steroid dienone is 2. The summed E-state index contributed by atoms with van der Waals surface area (Å²) >= 11 is 4.41. The smallest absolute Gasteiger partial charge is 0.321 e. The summed E-state index contributed by atoms with van der Waals surface area (Å²) in [6.45, 7) is -0.257. The van der Waals surface area contributed by atoms with Crippen molar-refractivity contribution in [2.75, 3.05) is 26.9 Å². The standard InChI is InChI=1S/C22H45O5PS/c1-3-4-5-6-7-8-9-10-11-12-13-14-15-16-17-18-19-26-20-22(25-2)21-27-28(23,24)29/h10-11,22H,3-9,12-21H2,1-2H3,(H2,23,24,29)/b11-10-/t22-/m0/s1. The zero-order chi connectivity index (χ0) is 21.6. The highest BCUT2D eigenvalue weighted by atomic mass is 32.5. The van der Waals surface area contributed by atoms with E-state index >= 15 is 0 Å². The number of unbranched alkanes of at least 4 members (excludes halogenated alkanes) is 12. The second-order valence-corrected chi connectivity index (χ2v) is 10.3. The first-order chi connectivity index (χ1) is 14.0. The second kappa shape index (κ2) is 21.4. The quantitative estimate of drug-likeness (QED) is 0.114. The molecule has 0 unspecified atom stereocenters. The molecule has 0 heterocycles. The summed E-state index contributed by atoms with van der Waals surface area (Å²) in [6, 6.07) is 0. The molecule has 0 aliphatic carbocycles. The molecule has 0 aromatic heterocycles. The van der Waals surface area contributed by atoms with Crippen molar-refractivity contribution in [3.8, 4) is 0 Å². The second-order valence-electron chi connectivity index (χ2n) is 7.66. The monoisotopic (exact) mass is 452 g/mol. The van der Waals surface area contributed by atoms with Gasteiger partial charge in [-0.25, -0.2) is 0 Å². The van der Waals surface area contributed by atoms with Gasteiger partial charge >= 0.3 is 6.72 Å². The van der Waals surface area contributed by atoms with Crippen LogP contribution in [0.1, 0.15) is 96.8 Å². The van der Waals surface area contributed by atoms with Gasteiger partial charge in [0.15, 0.2) is 0 Å². The molecule has 174 valence electrons. The third-order valence-corrected chi connectivity index (χ3v) is 5.67. The molecule has 0 aromatic carbocycles. The molecule has 5 nitrogen and oxygen atoms in total. The molecule has 0 aromatic rings. The largest absolute Gasteiger partial charge is 0.379 e. The summed E-state index contributed by atoms with van der Waals surface area (Å²) in [5.41, 5.74) is 0. The van der Waals surface area contributed by atoms with E-state index in [0.717, 1.165) is 6.42 Å². The van der Waals surface area contributed by atoms with E-state index in [1.54, 1.807) is 7.11 Å². The third kappa shape index (κ3) is 24.3. The molecule has 0 aliphatic rings. The molecule has 0 fully saturated rings. The van der Waals surface area contributed by atoms with Gasteiger partial charge in [-0.05, 0) is 43.9 Å². The van der Waals surface area contributed by atoms with E-state index in [-0.39, 0.29) is 12.7 Å². The van der Waals surface area contributed by atoms with Crippen LogP contribution >= 0.6 is 6.72 Å². The van der Waals surface area contributed by atoms with Crippen LogP contribution < -0.4 is 0 Å². The molecular weight excluding hydrogens is 407 g/mol. The van der Waals surface area contributed by atoms with Crippen LogP contribution in [0, 0.1) is 0 Å². The van der Waals surface area contributed by atoms with E-state index in [9.17, 15) is 0 Å². The molecule has 0 rings (SSSR count). The zero-order valence-electron chi connectivity index (χ0n) is 18.7. The predicted molar refractivity (Wildman–Crippen MR) is 126 cm³/mol. The van der Waals surface area contributed by atoms with Crippen LogP contribution in [0.25, 0.3) is 0 Å². The van der Waals surface area contributed by atoms with Crippen LogP contribution in [0.3, 0.4) is 0 Å². The summed E-state index contributed by atoms with van der Waals surface area (Å²) in [4.78, 5) is 18.1. The molecule has 0 radical (unpaired) electrons. The number of methoxy groups -OCH3 is 1. The van der Waals surface area contributed by atoms with Gasteiger partial charge in [-0.15, -0.1) is 0 Å². The van der Waals surface area contributed by atoms with E-state index in [2.05, 4.69) is 30.9 Å². The Morgan fingerprint density at radius 1 is 0.793 bits per heavy atom. The first kappa shape index (κ1) is 29.2. The lowest BCUT2D eigenvalue weighted by Gasteiger charge is -2.17. The minimum absolute atomic E-state index is 0.0359. The average Bonchev–Trinajstić information content (AvgIpc) is 2.68. The van der Waals surface area contributed by atoms with E-state index in [1.807, 2.05) is 0 Å². The molecule has 2 N–H and O–H groups in total. The van der Waals surface area contributed by atoms with Crippen LogP contribution in [-0.4, -0.2) is 42.8 Å². The highest BCUT2D eigenvalue weighted by Crippen LogP contribution is 2.36. The van der Waals surface area contributed by atoms with Gasteiger partial charge in [0.2, 0.25) is 0 Å². The van der Waals surface area contributed by atoms with Crippen LogP contribution in [0.4, 0.5) is 0 Å². The molecule has 0 bridgehead atoms. The number of ether oxygens (including phenoxy) is 2. The third-order valence-electron chi connectivity index (χ3n) is 4.87. The molecule has 0 saturated carbocycles. The molecular formula is C22H45O5PS. The molecule has 0 aliphatic heterocycles. The highest BCUT2D eigenvalue weighted by Gasteiger charge is 2.14. The van der Waals surface area contributed by atoms with Crippen LogP contribution in [0.5, 0.6) is 0 Å². The van der Waals surface area contributed by atoms with Gasteiger partial charge in [0.1, 0.15) is 6.10 Å². The van der Waals surface area contributed by atoms with Crippen molar-refractivity contribution in [1.29, 1.82) is 0 Å². The molecule has 1 atom stereocenters. The molecule has 29 heavy (non-hydrogen) atoms. The minimum atomic E-state index is -3.62. The summed E-state index contributed by atoms with van der Waals surface area (Å²) in [5, 5.41) is 0. The van der Waals surface area contributed by atoms with Crippen molar-refractivity contribution >= 4 is 18.5 Å². The van der Waals surface area contributed by atoms with Crippen molar-refractivity contribution in [3.63, 3.8) is 0 Å². The summed E-state index contributed by atoms with van der Waals surface area (Å²) < 4.78 is 15.5. The van der Waals surface area contributed by atoms with Crippen molar-refractivity contribution in [3.05, 3.63) is 12.2 Å². The zero-order valence-corrected chi connectivity index (χ0v) is 20.4. The molecule has 0 amide bonds.